The summed E-state index contributed by atoms with van der Waals surface area (Å²) < 4.78 is 5.44. The highest BCUT2D eigenvalue weighted by molar-refractivity contribution is 7.99. The molecule has 1 fully saturated rings. The summed E-state index contributed by atoms with van der Waals surface area (Å²) >= 11 is 8.26. The van der Waals surface area contributed by atoms with Crippen LogP contribution in [0.1, 0.15) is 12.5 Å². The van der Waals surface area contributed by atoms with E-state index in [2.05, 4.69) is 22.1 Å². The zero-order chi connectivity index (χ0) is 24.9. The summed E-state index contributed by atoms with van der Waals surface area (Å²) in [6, 6.07) is 9.80. The Labute approximate surface area is 217 Å². The van der Waals surface area contributed by atoms with Crippen molar-refractivity contribution in [1.29, 1.82) is 5.41 Å². The zero-order valence-electron chi connectivity index (χ0n) is 20.0. The minimum atomic E-state index is -0.291. The first kappa shape index (κ1) is 26.9. The lowest BCUT2D eigenvalue weighted by atomic mass is 10.1. The zero-order valence-corrected chi connectivity index (χ0v) is 21.6. The monoisotopic (exact) mass is 512 g/mol. The number of rotatable bonds is 13. The summed E-state index contributed by atoms with van der Waals surface area (Å²) in [7, 11) is 0. The minimum Gasteiger partial charge on any atom is -0.379 e. The normalized spacial score (nSPS) is 15.7. The van der Waals surface area contributed by atoms with Gasteiger partial charge in [-0.2, -0.15) is 0 Å². The third-order valence-corrected chi connectivity index (χ3v) is 6.56. The molecule has 186 valence electrons. The van der Waals surface area contributed by atoms with Gasteiger partial charge in [0.2, 0.25) is 0 Å². The van der Waals surface area contributed by atoms with E-state index in [1.54, 1.807) is 17.8 Å². The van der Waals surface area contributed by atoms with E-state index < -0.39 is 0 Å². The van der Waals surface area contributed by atoms with E-state index >= 15 is 0 Å². The largest absolute Gasteiger partial charge is 0.379 e. The number of anilines is 3. The molecule has 1 saturated heterocycles. The van der Waals surface area contributed by atoms with Crippen LogP contribution in [0.2, 0.25) is 0 Å². The molecule has 1 aromatic carbocycles. The fourth-order valence-corrected chi connectivity index (χ4v) is 4.59. The standard InChI is InChI=1S/C26H33ClN6OS/c1-3-8-20(9-4-2)23(27)19-29-24-22(18-28)25(30-21-10-6-5-7-11-21)32-26(31-24)35-17-14-33-12-15-34-16-13-33/h3-11,18,23,28H,1,12-17,19H2,2H3,(H2,29,30,31,32)/b9-4-,20-8+,28-18?. The molecule has 9 heteroatoms. The van der Waals surface area contributed by atoms with E-state index in [0.29, 0.717) is 28.9 Å². The quantitative estimate of drug-likeness (QED) is 0.110. The number of nitrogens with zero attached hydrogens (tertiary/aromatic N) is 3. The van der Waals surface area contributed by atoms with Gasteiger partial charge in [0.25, 0.3) is 0 Å². The van der Waals surface area contributed by atoms with E-state index in [9.17, 15) is 0 Å². The van der Waals surface area contributed by atoms with Crippen LogP contribution >= 0.6 is 23.4 Å². The van der Waals surface area contributed by atoms with Crippen LogP contribution in [-0.4, -0.2) is 71.6 Å². The summed E-state index contributed by atoms with van der Waals surface area (Å²) in [5.41, 5.74) is 2.42. The molecule has 0 bridgehead atoms. The summed E-state index contributed by atoms with van der Waals surface area (Å²) in [5, 5.41) is 15.1. The Morgan fingerprint density at radius 3 is 2.69 bits per heavy atom. The van der Waals surface area contributed by atoms with Crippen molar-refractivity contribution >= 4 is 46.9 Å². The van der Waals surface area contributed by atoms with Crippen LogP contribution in [-0.2, 0) is 4.74 Å². The molecular formula is C26H33ClN6OS. The first-order valence-corrected chi connectivity index (χ1v) is 13.1. The number of halogens is 1. The molecule has 1 aromatic heterocycles. The molecule has 0 aliphatic carbocycles. The average molecular weight is 513 g/mol. The van der Waals surface area contributed by atoms with Crippen molar-refractivity contribution in [3.05, 3.63) is 72.4 Å². The molecule has 2 aromatic rings. The molecule has 0 radical (unpaired) electrons. The van der Waals surface area contributed by atoms with Gasteiger partial charge in [-0.25, -0.2) is 9.97 Å². The van der Waals surface area contributed by atoms with Crippen molar-refractivity contribution in [2.24, 2.45) is 0 Å². The van der Waals surface area contributed by atoms with Crippen molar-refractivity contribution in [3.8, 4) is 0 Å². The van der Waals surface area contributed by atoms with Gasteiger partial charge >= 0.3 is 0 Å². The smallest absolute Gasteiger partial charge is 0.191 e. The highest BCUT2D eigenvalue weighted by Crippen LogP contribution is 2.27. The molecule has 3 rings (SSSR count). The number of hydrogen-bond donors (Lipinski definition) is 3. The van der Waals surface area contributed by atoms with E-state index in [4.69, 9.17) is 31.7 Å². The van der Waals surface area contributed by atoms with Gasteiger partial charge in [-0.05, 0) is 24.6 Å². The van der Waals surface area contributed by atoms with Gasteiger partial charge in [0.05, 0.1) is 24.2 Å². The lowest BCUT2D eigenvalue weighted by Gasteiger charge is -2.26. The van der Waals surface area contributed by atoms with Crippen molar-refractivity contribution in [2.45, 2.75) is 17.5 Å². The maximum Gasteiger partial charge on any atom is 0.191 e. The van der Waals surface area contributed by atoms with Crippen LogP contribution in [0.25, 0.3) is 0 Å². The predicted molar refractivity (Wildman–Crippen MR) is 149 cm³/mol. The number of ether oxygens (including phenoxy) is 1. The fraction of sp³-hybridized carbons (Fsp3) is 0.346. The van der Waals surface area contributed by atoms with Crippen molar-refractivity contribution in [3.63, 3.8) is 0 Å². The van der Waals surface area contributed by atoms with Crippen molar-refractivity contribution in [2.75, 3.05) is 55.8 Å². The Balaban J connectivity index is 1.81. The van der Waals surface area contributed by atoms with Gasteiger partial charge in [-0.3, -0.25) is 4.90 Å². The number of para-hydroxylation sites is 1. The van der Waals surface area contributed by atoms with Crippen molar-refractivity contribution in [1.82, 2.24) is 14.9 Å². The summed E-state index contributed by atoms with van der Waals surface area (Å²) in [6.45, 7) is 10.6. The van der Waals surface area contributed by atoms with Crippen LogP contribution in [0.15, 0.2) is 71.9 Å². The number of morpholine rings is 1. The second-order valence-corrected chi connectivity index (χ2v) is 9.39. The molecule has 35 heavy (non-hydrogen) atoms. The topological polar surface area (TPSA) is 86.2 Å². The lowest BCUT2D eigenvalue weighted by molar-refractivity contribution is 0.0410. The molecule has 1 atom stereocenters. The summed E-state index contributed by atoms with van der Waals surface area (Å²) in [5.74, 6) is 2.02. The first-order chi connectivity index (χ1) is 17.1. The molecule has 1 unspecified atom stereocenters. The number of hydrogen-bond acceptors (Lipinski definition) is 8. The van der Waals surface area contributed by atoms with E-state index in [0.717, 1.165) is 49.9 Å². The first-order valence-electron chi connectivity index (χ1n) is 11.6. The van der Waals surface area contributed by atoms with Gasteiger partial charge in [0.1, 0.15) is 11.6 Å². The number of nitrogens with one attached hydrogen (secondary N) is 3. The van der Waals surface area contributed by atoms with Crippen LogP contribution in [0.3, 0.4) is 0 Å². The highest BCUT2D eigenvalue weighted by Gasteiger charge is 2.17. The van der Waals surface area contributed by atoms with Gasteiger partial charge in [-0.15, -0.1) is 11.6 Å². The molecule has 0 saturated carbocycles. The second-order valence-electron chi connectivity index (χ2n) is 7.81. The Bertz CT molecular complexity index is 1020. The van der Waals surface area contributed by atoms with Crippen LogP contribution in [0.4, 0.5) is 17.3 Å². The van der Waals surface area contributed by atoms with E-state index in [1.807, 2.05) is 55.5 Å². The maximum atomic E-state index is 8.06. The lowest BCUT2D eigenvalue weighted by Crippen LogP contribution is -2.37. The molecule has 7 nitrogen and oxygen atoms in total. The molecule has 2 heterocycles. The Morgan fingerprint density at radius 2 is 2.00 bits per heavy atom. The molecule has 0 amide bonds. The molecule has 1 aliphatic rings. The SMILES string of the molecule is C=C/C=C(\C=C/C)C(Cl)CNc1nc(SCCN2CCOCC2)nc(Nc2ccccc2)c1C=N. The Hall–Kier alpha value is -2.65. The second kappa shape index (κ2) is 14.7. The molecule has 3 N–H and O–H groups in total. The summed E-state index contributed by atoms with van der Waals surface area (Å²) in [4.78, 5) is 11.9. The predicted octanol–water partition coefficient (Wildman–Crippen LogP) is 5.35. The number of allylic oxidation sites excluding steroid dienone is 4. The number of aromatic nitrogens is 2. The summed E-state index contributed by atoms with van der Waals surface area (Å²) in [6.07, 6.45) is 8.80. The van der Waals surface area contributed by atoms with Crippen molar-refractivity contribution < 1.29 is 4.74 Å². The van der Waals surface area contributed by atoms with Gasteiger partial charge < -0.3 is 20.8 Å². The Morgan fingerprint density at radius 1 is 1.26 bits per heavy atom. The Kier molecular flexibility index (Phi) is 11.3. The van der Waals surface area contributed by atoms with Crippen LogP contribution < -0.4 is 10.6 Å². The molecular weight excluding hydrogens is 480 g/mol. The minimum absolute atomic E-state index is 0.291. The number of alkyl halides is 1. The third-order valence-electron chi connectivity index (χ3n) is 5.33. The van der Waals surface area contributed by atoms with E-state index in [1.165, 1.54) is 6.21 Å². The van der Waals surface area contributed by atoms with Gasteiger partial charge in [0, 0.05) is 43.8 Å². The molecule has 0 spiro atoms. The molecule has 1 aliphatic heterocycles. The van der Waals surface area contributed by atoms with Gasteiger partial charge in [0.15, 0.2) is 5.16 Å². The van der Waals surface area contributed by atoms with Crippen LogP contribution in [0, 0.1) is 5.41 Å². The number of thioether (sulfide) groups is 1. The fourth-order valence-electron chi connectivity index (χ4n) is 3.53. The van der Waals surface area contributed by atoms with Crippen LogP contribution in [0.5, 0.6) is 0 Å². The highest BCUT2D eigenvalue weighted by atomic mass is 35.5. The average Bonchev–Trinajstić information content (AvgIpc) is 2.88. The third kappa shape index (κ3) is 8.50. The number of benzene rings is 1. The van der Waals surface area contributed by atoms with E-state index in [-0.39, 0.29) is 5.38 Å². The van der Waals surface area contributed by atoms with Gasteiger partial charge in [-0.1, -0.05) is 60.8 Å². The maximum absolute atomic E-state index is 8.06.